The standard InChI is InChI=1S/C20H22Cl2N2O2S/c1-20(2,3)11-18(25)23-14-5-7-15(8-6-14)27-12-19(26)24-17-9-4-13(21)10-16(17)22/h4-10H,11-12H2,1-3H3,(H,23,25)(H,24,26). The number of anilines is 2. The topological polar surface area (TPSA) is 58.2 Å². The quantitative estimate of drug-likeness (QED) is 0.550. The zero-order chi connectivity index (χ0) is 20.0. The Morgan fingerprint density at radius 3 is 2.22 bits per heavy atom. The summed E-state index contributed by atoms with van der Waals surface area (Å²) < 4.78 is 0. The predicted molar refractivity (Wildman–Crippen MR) is 115 cm³/mol. The summed E-state index contributed by atoms with van der Waals surface area (Å²) in [6.07, 6.45) is 0.455. The van der Waals surface area contributed by atoms with Gasteiger partial charge in [-0.2, -0.15) is 0 Å². The Hall–Kier alpha value is -1.69. The number of hydrogen-bond donors (Lipinski definition) is 2. The van der Waals surface area contributed by atoms with Crippen LogP contribution in [0.25, 0.3) is 0 Å². The number of halogens is 2. The molecule has 7 heteroatoms. The second kappa shape index (κ2) is 9.49. The zero-order valence-corrected chi connectivity index (χ0v) is 17.8. The van der Waals surface area contributed by atoms with Gasteiger partial charge in [-0.3, -0.25) is 9.59 Å². The monoisotopic (exact) mass is 424 g/mol. The summed E-state index contributed by atoms with van der Waals surface area (Å²) in [6.45, 7) is 6.07. The third kappa shape index (κ3) is 7.83. The third-order valence-electron chi connectivity index (χ3n) is 3.40. The first kappa shape index (κ1) is 21.6. The van der Waals surface area contributed by atoms with Gasteiger partial charge in [0.1, 0.15) is 0 Å². The Balaban J connectivity index is 1.84. The van der Waals surface area contributed by atoms with Gasteiger partial charge in [0.2, 0.25) is 11.8 Å². The highest BCUT2D eigenvalue weighted by Crippen LogP contribution is 2.26. The fourth-order valence-corrected chi connectivity index (χ4v) is 3.40. The van der Waals surface area contributed by atoms with Crippen LogP contribution in [-0.4, -0.2) is 17.6 Å². The van der Waals surface area contributed by atoms with Crippen LogP contribution in [0.1, 0.15) is 27.2 Å². The minimum absolute atomic E-state index is 0.0119. The molecule has 0 heterocycles. The number of hydrogen-bond acceptors (Lipinski definition) is 3. The van der Waals surface area contributed by atoms with Gasteiger partial charge in [-0.25, -0.2) is 0 Å². The summed E-state index contributed by atoms with van der Waals surface area (Å²) in [4.78, 5) is 25.0. The fourth-order valence-electron chi connectivity index (χ4n) is 2.25. The van der Waals surface area contributed by atoms with Crippen molar-refractivity contribution in [2.45, 2.75) is 32.1 Å². The molecule has 0 unspecified atom stereocenters. The lowest BCUT2D eigenvalue weighted by molar-refractivity contribution is -0.118. The van der Waals surface area contributed by atoms with Crippen LogP contribution in [0.15, 0.2) is 47.4 Å². The molecule has 144 valence electrons. The van der Waals surface area contributed by atoms with E-state index in [0.29, 0.717) is 22.2 Å². The van der Waals surface area contributed by atoms with Crippen molar-refractivity contribution in [1.82, 2.24) is 0 Å². The van der Waals surface area contributed by atoms with Crippen molar-refractivity contribution in [2.75, 3.05) is 16.4 Å². The third-order valence-corrected chi connectivity index (χ3v) is 4.96. The fraction of sp³-hybridized carbons (Fsp3) is 0.300. The van der Waals surface area contributed by atoms with Crippen LogP contribution in [0.5, 0.6) is 0 Å². The van der Waals surface area contributed by atoms with Gasteiger partial charge < -0.3 is 10.6 Å². The molecule has 2 aromatic carbocycles. The summed E-state index contributed by atoms with van der Waals surface area (Å²) in [5, 5.41) is 6.56. The first-order chi connectivity index (χ1) is 12.6. The minimum atomic E-state index is -0.160. The van der Waals surface area contributed by atoms with E-state index >= 15 is 0 Å². The normalized spacial score (nSPS) is 11.1. The van der Waals surface area contributed by atoms with E-state index in [-0.39, 0.29) is 23.0 Å². The van der Waals surface area contributed by atoms with Crippen molar-refractivity contribution in [3.05, 3.63) is 52.5 Å². The molecular formula is C20H22Cl2N2O2S. The highest BCUT2D eigenvalue weighted by Gasteiger charge is 2.16. The lowest BCUT2D eigenvalue weighted by atomic mass is 9.92. The molecule has 2 rings (SSSR count). The smallest absolute Gasteiger partial charge is 0.234 e. The van der Waals surface area contributed by atoms with Gasteiger partial charge in [0.05, 0.1) is 16.5 Å². The average molecular weight is 425 g/mol. The summed E-state index contributed by atoms with van der Waals surface area (Å²) >= 11 is 13.3. The van der Waals surface area contributed by atoms with Crippen LogP contribution in [0.4, 0.5) is 11.4 Å². The molecule has 0 radical (unpaired) electrons. The number of rotatable bonds is 6. The zero-order valence-electron chi connectivity index (χ0n) is 15.4. The van der Waals surface area contributed by atoms with Crippen molar-refractivity contribution >= 4 is 58.2 Å². The van der Waals surface area contributed by atoms with Gasteiger partial charge in [-0.1, -0.05) is 44.0 Å². The van der Waals surface area contributed by atoms with E-state index in [1.165, 1.54) is 11.8 Å². The van der Waals surface area contributed by atoms with Gasteiger partial charge in [0.25, 0.3) is 0 Å². The van der Waals surface area contributed by atoms with Gasteiger partial charge >= 0.3 is 0 Å². The Kier molecular flexibility index (Phi) is 7.59. The number of amides is 2. The first-order valence-electron chi connectivity index (χ1n) is 8.40. The second-order valence-electron chi connectivity index (χ2n) is 7.27. The molecule has 27 heavy (non-hydrogen) atoms. The SMILES string of the molecule is CC(C)(C)CC(=O)Nc1ccc(SCC(=O)Nc2ccc(Cl)cc2Cl)cc1. The van der Waals surface area contributed by atoms with Crippen LogP contribution in [-0.2, 0) is 9.59 Å². The summed E-state index contributed by atoms with van der Waals surface area (Å²) in [7, 11) is 0. The van der Waals surface area contributed by atoms with Crippen LogP contribution in [0, 0.1) is 5.41 Å². The molecular weight excluding hydrogens is 403 g/mol. The molecule has 0 aliphatic rings. The Labute approximate surface area is 174 Å². The van der Waals surface area contributed by atoms with E-state index in [9.17, 15) is 9.59 Å². The number of benzene rings is 2. The molecule has 0 bridgehead atoms. The predicted octanol–water partition coefficient (Wildman–Crippen LogP) is 6.10. The maximum absolute atomic E-state index is 12.1. The number of nitrogens with one attached hydrogen (secondary N) is 2. The van der Waals surface area contributed by atoms with Crippen molar-refractivity contribution < 1.29 is 9.59 Å². The van der Waals surface area contributed by atoms with Gasteiger partial charge in [0, 0.05) is 22.0 Å². The van der Waals surface area contributed by atoms with E-state index in [2.05, 4.69) is 10.6 Å². The highest BCUT2D eigenvalue weighted by molar-refractivity contribution is 8.00. The van der Waals surface area contributed by atoms with Gasteiger partial charge in [0.15, 0.2) is 0 Å². The minimum Gasteiger partial charge on any atom is -0.326 e. The molecule has 0 spiro atoms. The maximum atomic E-state index is 12.1. The van der Waals surface area contributed by atoms with Crippen LogP contribution in [0.3, 0.4) is 0 Å². The Bertz CT molecular complexity index is 818. The van der Waals surface area contributed by atoms with Crippen molar-refractivity contribution in [1.29, 1.82) is 0 Å². The molecule has 0 aliphatic carbocycles. The van der Waals surface area contributed by atoms with Gasteiger partial charge in [-0.05, 0) is 47.9 Å². The number of carbonyl (C=O) groups excluding carboxylic acids is 2. The van der Waals surface area contributed by atoms with Gasteiger partial charge in [-0.15, -0.1) is 11.8 Å². The van der Waals surface area contributed by atoms with E-state index in [0.717, 1.165) is 10.6 Å². The molecule has 0 atom stereocenters. The van der Waals surface area contributed by atoms with Crippen LogP contribution < -0.4 is 10.6 Å². The molecule has 2 N–H and O–H groups in total. The number of carbonyl (C=O) groups is 2. The molecule has 2 amide bonds. The molecule has 0 fully saturated rings. The molecule has 2 aromatic rings. The molecule has 0 saturated heterocycles. The number of thioether (sulfide) groups is 1. The summed E-state index contributed by atoms with van der Waals surface area (Å²) in [5.74, 6) is 0.0724. The van der Waals surface area contributed by atoms with Crippen LogP contribution >= 0.6 is 35.0 Å². The Morgan fingerprint density at radius 1 is 0.963 bits per heavy atom. The summed E-state index contributed by atoms with van der Waals surface area (Å²) in [6, 6.07) is 12.3. The molecule has 0 aliphatic heterocycles. The van der Waals surface area contributed by atoms with E-state index in [1.54, 1.807) is 18.2 Å². The van der Waals surface area contributed by atoms with Crippen molar-refractivity contribution in [3.63, 3.8) is 0 Å². The second-order valence-corrected chi connectivity index (χ2v) is 9.16. The van der Waals surface area contributed by atoms with Crippen molar-refractivity contribution in [3.8, 4) is 0 Å². The van der Waals surface area contributed by atoms with Crippen LogP contribution in [0.2, 0.25) is 10.0 Å². The lowest BCUT2D eigenvalue weighted by Gasteiger charge is -2.17. The molecule has 4 nitrogen and oxygen atoms in total. The molecule has 0 aromatic heterocycles. The lowest BCUT2D eigenvalue weighted by Crippen LogP contribution is -2.19. The largest absolute Gasteiger partial charge is 0.326 e. The first-order valence-corrected chi connectivity index (χ1v) is 10.1. The van der Waals surface area contributed by atoms with Crippen molar-refractivity contribution in [2.24, 2.45) is 5.41 Å². The Morgan fingerprint density at radius 2 is 1.63 bits per heavy atom. The molecule has 0 saturated carbocycles. The highest BCUT2D eigenvalue weighted by atomic mass is 35.5. The summed E-state index contributed by atoms with van der Waals surface area (Å²) in [5.41, 5.74) is 1.22. The van der Waals surface area contributed by atoms with E-state index in [4.69, 9.17) is 23.2 Å². The van der Waals surface area contributed by atoms with E-state index in [1.807, 2.05) is 45.0 Å². The average Bonchev–Trinajstić information content (AvgIpc) is 2.55. The maximum Gasteiger partial charge on any atom is 0.234 e. The van der Waals surface area contributed by atoms with E-state index < -0.39 is 0 Å².